The van der Waals surface area contributed by atoms with E-state index in [0.29, 0.717) is 0 Å². The molecule has 9 aromatic carbocycles. The molecule has 10 rings (SSSR count). The van der Waals surface area contributed by atoms with Crippen molar-refractivity contribution in [1.29, 1.82) is 0 Å². The van der Waals surface area contributed by atoms with E-state index in [9.17, 15) is 0 Å². The van der Waals surface area contributed by atoms with Gasteiger partial charge in [-0.05, 0) is 106 Å². The van der Waals surface area contributed by atoms with Gasteiger partial charge in [0.15, 0.2) is 0 Å². The zero-order chi connectivity index (χ0) is 36.6. The number of nitrogens with zero attached hydrogens (tertiary/aromatic N) is 1. The summed E-state index contributed by atoms with van der Waals surface area (Å²) in [5.74, 6) is 0. The van der Waals surface area contributed by atoms with Crippen LogP contribution in [0.5, 0.6) is 0 Å². The van der Waals surface area contributed by atoms with Crippen molar-refractivity contribution in [2.75, 3.05) is 0 Å². The molecule has 0 aliphatic carbocycles. The maximum Gasteiger partial charge on any atom is 0.0546 e. The predicted molar refractivity (Wildman–Crippen MR) is 233 cm³/mol. The Hall–Kier alpha value is -6.70. The molecule has 0 radical (unpaired) electrons. The van der Waals surface area contributed by atoms with E-state index in [1.807, 2.05) is 18.2 Å². The summed E-state index contributed by atoms with van der Waals surface area (Å²) in [6.07, 6.45) is 0. The predicted octanol–water partition coefficient (Wildman–Crippen LogP) is 14.7. The first-order valence-electron chi connectivity index (χ1n) is 18.8. The molecule has 0 aliphatic rings. The van der Waals surface area contributed by atoms with Crippen LogP contribution in [-0.4, -0.2) is 4.57 Å². The molecule has 258 valence electrons. The van der Waals surface area contributed by atoms with Crippen LogP contribution in [0.25, 0.3) is 82.4 Å². The van der Waals surface area contributed by atoms with Crippen LogP contribution in [0.15, 0.2) is 194 Å². The van der Waals surface area contributed by atoms with E-state index in [1.54, 1.807) is 0 Å². The van der Waals surface area contributed by atoms with Crippen molar-refractivity contribution in [3.63, 3.8) is 0 Å². The average molecular weight is 692 g/mol. The van der Waals surface area contributed by atoms with E-state index in [2.05, 4.69) is 201 Å². The lowest BCUT2D eigenvalue weighted by atomic mass is 9.93. The Morgan fingerprint density at radius 2 is 0.852 bits per heavy atom. The summed E-state index contributed by atoms with van der Waals surface area (Å²) in [6, 6.07) is 70.4. The molecule has 0 saturated carbocycles. The molecular weight excluding hydrogens is 651 g/mol. The zero-order valence-electron chi connectivity index (χ0n) is 30.9. The van der Waals surface area contributed by atoms with E-state index < -0.39 is 0 Å². The number of aryl methyl sites for hydroxylation is 3. The molecule has 1 aromatic heterocycles. The molecule has 0 aliphatic heterocycles. The summed E-state index contributed by atoms with van der Waals surface area (Å²) in [4.78, 5) is 0. The fraction of sp³-hybridized carbons (Fsp3) is 0.0566. The van der Waals surface area contributed by atoms with Gasteiger partial charge in [0, 0.05) is 16.2 Å². The molecule has 1 heterocycles. The molecule has 0 fully saturated rings. The van der Waals surface area contributed by atoms with Gasteiger partial charge in [-0.3, -0.25) is 0 Å². The standard InChI is InChI=1S/C46H33N.C7H8/c1-30-11-3-5-13-37(30)38-25-23-34(27-31(38)2)32-19-21-33(22-20-32)35-24-26-45-43(28-35)42-17-9-10-18-44(42)47(45)46-29-36-12-4-6-14-39(36)40-15-7-8-16-41(40)46;1-7-5-3-2-4-6-7/h3-29H,1-2H3;2-6H,1H3. The molecule has 0 N–H and O–H groups in total. The molecule has 10 aromatic rings. The first-order valence-corrected chi connectivity index (χ1v) is 18.8. The van der Waals surface area contributed by atoms with Gasteiger partial charge in [-0.25, -0.2) is 0 Å². The van der Waals surface area contributed by atoms with Gasteiger partial charge in [-0.2, -0.15) is 0 Å². The summed E-state index contributed by atoms with van der Waals surface area (Å²) in [6.45, 7) is 6.48. The van der Waals surface area contributed by atoms with Crippen LogP contribution >= 0.6 is 0 Å². The third-order valence-corrected chi connectivity index (χ3v) is 10.8. The topological polar surface area (TPSA) is 4.93 Å². The van der Waals surface area contributed by atoms with Crippen molar-refractivity contribution < 1.29 is 0 Å². The third-order valence-electron chi connectivity index (χ3n) is 10.8. The normalized spacial score (nSPS) is 11.2. The van der Waals surface area contributed by atoms with Crippen LogP contribution in [0, 0.1) is 20.8 Å². The minimum absolute atomic E-state index is 1.21. The van der Waals surface area contributed by atoms with Crippen LogP contribution in [0.1, 0.15) is 16.7 Å². The summed E-state index contributed by atoms with van der Waals surface area (Å²) in [5, 5.41) is 7.61. The number of aromatic nitrogens is 1. The maximum absolute atomic E-state index is 2.45. The summed E-state index contributed by atoms with van der Waals surface area (Å²) in [7, 11) is 0. The highest BCUT2D eigenvalue weighted by molar-refractivity contribution is 6.15. The number of fused-ring (bicyclic) bond motifs is 6. The molecule has 0 amide bonds. The first-order chi connectivity index (χ1) is 26.5. The molecule has 0 saturated heterocycles. The van der Waals surface area contributed by atoms with Gasteiger partial charge in [0.25, 0.3) is 0 Å². The minimum Gasteiger partial charge on any atom is -0.309 e. The van der Waals surface area contributed by atoms with E-state index in [-0.39, 0.29) is 0 Å². The number of para-hydroxylation sites is 1. The number of hydrogen-bond donors (Lipinski definition) is 0. The van der Waals surface area contributed by atoms with Gasteiger partial charge in [-0.15, -0.1) is 0 Å². The van der Waals surface area contributed by atoms with Gasteiger partial charge in [0.05, 0.1) is 16.7 Å². The largest absolute Gasteiger partial charge is 0.309 e. The molecule has 54 heavy (non-hydrogen) atoms. The van der Waals surface area contributed by atoms with Crippen LogP contribution in [0.3, 0.4) is 0 Å². The van der Waals surface area contributed by atoms with Gasteiger partial charge in [0.1, 0.15) is 0 Å². The van der Waals surface area contributed by atoms with Crippen LogP contribution in [0.2, 0.25) is 0 Å². The summed E-state index contributed by atoms with van der Waals surface area (Å²) < 4.78 is 2.45. The van der Waals surface area contributed by atoms with Crippen LogP contribution in [0.4, 0.5) is 0 Å². The molecule has 1 nitrogen and oxygen atoms in total. The highest BCUT2D eigenvalue weighted by Crippen LogP contribution is 2.39. The lowest BCUT2D eigenvalue weighted by Crippen LogP contribution is -1.96. The smallest absolute Gasteiger partial charge is 0.0546 e. The molecule has 0 atom stereocenters. The highest BCUT2D eigenvalue weighted by atomic mass is 15.0. The van der Waals surface area contributed by atoms with E-state index in [0.717, 1.165) is 0 Å². The second kappa shape index (κ2) is 14.0. The summed E-state index contributed by atoms with van der Waals surface area (Å²) in [5.41, 5.74) is 15.1. The molecule has 0 bridgehead atoms. The zero-order valence-corrected chi connectivity index (χ0v) is 30.9. The third kappa shape index (κ3) is 6.04. The van der Waals surface area contributed by atoms with E-state index >= 15 is 0 Å². The Balaban J connectivity index is 0.000000496. The fourth-order valence-corrected chi connectivity index (χ4v) is 8.04. The minimum atomic E-state index is 1.21. The lowest BCUT2D eigenvalue weighted by Gasteiger charge is -2.14. The summed E-state index contributed by atoms with van der Waals surface area (Å²) >= 11 is 0. The van der Waals surface area contributed by atoms with Gasteiger partial charge < -0.3 is 4.57 Å². The Labute approximate surface area is 317 Å². The quantitative estimate of drug-likeness (QED) is 0.162. The van der Waals surface area contributed by atoms with Crippen LogP contribution < -0.4 is 0 Å². The first kappa shape index (κ1) is 33.2. The molecular formula is C53H41N. The Morgan fingerprint density at radius 3 is 1.56 bits per heavy atom. The Kier molecular flexibility index (Phi) is 8.61. The van der Waals surface area contributed by atoms with Crippen molar-refractivity contribution in [3.8, 4) is 39.1 Å². The van der Waals surface area contributed by atoms with Gasteiger partial charge in [0.2, 0.25) is 0 Å². The van der Waals surface area contributed by atoms with Gasteiger partial charge in [-0.1, -0.05) is 175 Å². The highest BCUT2D eigenvalue weighted by Gasteiger charge is 2.16. The van der Waals surface area contributed by atoms with Crippen molar-refractivity contribution in [1.82, 2.24) is 4.57 Å². The van der Waals surface area contributed by atoms with E-state index in [1.165, 1.54) is 99.1 Å². The Bertz CT molecular complexity index is 2950. The molecule has 1 heteroatoms. The van der Waals surface area contributed by atoms with Crippen LogP contribution in [-0.2, 0) is 0 Å². The molecule has 0 spiro atoms. The monoisotopic (exact) mass is 691 g/mol. The van der Waals surface area contributed by atoms with Crippen molar-refractivity contribution in [2.45, 2.75) is 20.8 Å². The van der Waals surface area contributed by atoms with Gasteiger partial charge >= 0.3 is 0 Å². The van der Waals surface area contributed by atoms with Crippen molar-refractivity contribution in [3.05, 3.63) is 211 Å². The number of benzene rings is 9. The van der Waals surface area contributed by atoms with Crippen molar-refractivity contribution in [2.24, 2.45) is 0 Å². The second-order valence-corrected chi connectivity index (χ2v) is 14.3. The maximum atomic E-state index is 2.45. The lowest BCUT2D eigenvalue weighted by molar-refractivity contribution is 1.20. The second-order valence-electron chi connectivity index (χ2n) is 14.3. The number of hydrogen-bond acceptors (Lipinski definition) is 0. The number of rotatable bonds is 4. The average Bonchev–Trinajstić information content (AvgIpc) is 3.55. The van der Waals surface area contributed by atoms with E-state index in [4.69, 9.17) is 0 Å². The molecule has 0 unspecified atom stereocenters. The fourth-order valence-electron chi connectivity index (χ4n) is 8.04. The SMILES string of the molecule is Cc1ccccc1.Cc1ccccc1-c1ccc(-c2ccc(-c3ccc4c(c3)c3ccccc3n4-c3cc4ccccc4c4ccccc34)cc2)cc1C. The van der Waals surface area contributed by atoms with Crippen molar-refractivity contribution >= 4 is 43.4 Å². The Morgan fingerprint density at radius 1 is 0.315 bits per heavy atom.